The summed E-state index contributed by atoms with van der Waals surface area (Å²) in [7, 11) is 0. The normalized spacial score (nSPS) is 9.30. The van der Waals surface area contributed by atoms with E-state index in [4.69, 9.17) is 10.8 Å². The Hall–Kier alpha value is -2.37. The maximum absolute atomic E-state index is 11.8. The molecule has 0 aliphatic rings. The summed E-state index contributed by atoms with van der Waals surface area (Å²) in [6.45, 7) is 0.472. The summed E-state index contributed by atoms with van der Waals surface area (Å²) in [6, 6.07) is 15.6. The predicted octanol–water partition coefficient (Wildman–Crippen LogP) is 1.58. The van der Waals surface area contributed by atoms with Gasteiger partial charge in [-0.3, -0.25) is 4.79 Å². The summed E-state index contributed by atoms with van der Waals surface area (Å²) in [5.41, 5.74) is 5.75. The van der Waals surface area contributed by atoms with E-state index in [1.165, 1.54) is 6.07 Å². The highest BCUT2D eigenvalue weighted by Crippen LogP contribution is 2.17. The molecule has 0 aromatic heterocycles. The second-order valence-electron chi connectivity index (χ2n) is 3.85. The molecule has 0 bridgehead atoms. The lowest BCUT2D eigenvalue weighted by Gasteiger charge is -2.05. The molecule has 0 fully saturated rings. The number of aromatic hydroxyl groups is 1. The molecule has 1 amide bonds. The number of amides is 1. The fraction of sp³-hybridized carbons (Fsp3) is 0.133. The van der Waals surface area contributed by atoms with Gasteiger partial charge in [-0.1, -0.05) is 30.3 Å². The number of aliphatic hydroxyl groups excluding tert-OH is 1. The van der Waals surface area contributed by atoms with Gasteiger partial charge in [0.2, 0.25) is 0 Å². The molecule has 5 N–H and O–H groups in total. The van der Waals surface area contributed by atoms with E-state index in [0.717, 1.165) is 0 Å². The molecule has 5 nitrogen and oxygen atoms in total. The smallest absolute Gasteiger partial charge is 0.259 e. The van der Waals surface area contributed by atoms with Crippen molar-refractivity contribution in [2.45, 2.75) is 0 Å². The van der Waals surface area contributed by atoms with Gasteiger partial charge >= 0.3 is 0 Å². The van der Waals surface area contributed by atoms with Crippen LogP contribution in [0, 0.1) is 0 Å². The fourth-order valence-electron chi connectivity index (χ4n) is 1.39. The standard InChI is InChI=1S/C13H11NO2.C2H7NO/c15-12-9-5-4-8-11(12)13(16)14-10-6-2-1-3-7-10;3-1-2-4/h1-9,15H,(H,14,16);4H,1-3H2. The zero-order valence-corrected chi connectivity index (χ0v) is 11.0. The lowest BCUT2D eigenvalue weighted by atomic mass is 10.2. The third-order valence-corrected chi connectivity index (χ3v) is 2.31. The molecule has 0 aliphatic heterocycles. The van der Waals surface area contributed by atoms with Gasteiger partial charge in [0.25, 0.3) is 5.91 Å². The molecule has 0 aliphatic carbocycles. The van der Waals surface area contributed by atoms with Gasteiger partial charge in [-0.2, -0.15) is 0 Å². The van der Waals surface area contributed by atoms with Crippen molar-refractivity contribution in [1.82, 2.24) is 0 Å². The molecule has 0 saturated carbocycles. The van der Waals surface area contributed by atoms with E-state index in [1.807, 2.05) is 18.2 Å². The van der Waals surface area contributed by atoms with Crippen LogP contribution < -0.4 is 11.1 Å². The SMILES string of the molecule is NCCO.O=C(Nc1ccccc1)c1ccccc1O. The van der Waals surface area contributed by atoms with Crippen LogP contribution in [0.1, 0.15) is 10.4 Å². The van der Waals surface area contributed by atoms with Gasteiger partial charge in [0.15, 0.2) is 0 Å². The molecular formula is C15H18N2O3. The predicted molar refractivity (Wildman–Crippen MR) is 78.6 cm³/mol. The number of nitrogens with one attached hydrogen (secondary N) is 1. The van der Waals surface area contributed by atoms with Crippen LogP contribution in [0.25, 0.3) is 0 Å². The number of carbonyl (C=O) groups excluding carboxylic acids is 1. The average molecular weight is 274 g/mol. The van der Waals surface area contributed by atoms with Crippen LogP contribution >= 0.6 is 0 Å². The number of aliphatic hydroxyl groups is 1. The maximum atomic E-state index is 11.8. The van der Waals surface area contributed by atoms with Gasteiger partial charge in [-0.05, 0) is 24.3 Å². The van der Waals surface area contributed by atoms with E-state index in [0.29, 0.717) is 12.2 Å². The summed E-state index contributed by atoms with van der Waals surface area (Å²) in [5, 5.41) is 19.9. The van der Waals surface area contributed by atoms with E-state index < -0.39 is 0 Å². The Balaban J connectivity index is 0.000000444. The van der Waals surface area contributed by atoms with Crippen LogP contribution in [0.5, 0.6) is 5.75 Å². The number of hydrogen-bond acceptors (Lipinski definition) is 4. The van der Waals surface area contributed by atoms with Crippen molar-refractivity contribution in [2.24, 2.45) is 5.73 Å². The number of benzene rings is 2. The Labute approximate surface area is 117 Å². The molecule has 0 saturated heterocycles. The molecule has 2 aromatic carbocycles. The zero-order valence-electron chi connectivity index (χ0n) is 11.0. The number of hydrogen-bond donors (Lipinski definition) is 4. The van der Waals surface area contributed by atoms with Crippen LogP contribution in [0.2, 0.25) is 0 Å². The summed E-state index contributed by atoms with van der Waals surface area (Å²) in [5.74, 6) is -0.333. The molecule has 5 heteroatoms. The van der Waals surface area contributed by atoms with Crippen LogP contribution in [-0.4, -0.2) is 29.3 Å². The van der Waals surface area contributed by atoms with Crippen LogP contribution in [0.4, 0.5) is 5.69 Å². The van der Waals surface area contributed by atoms with Gasteiger partial charge in [0, 0.05) is 12.2 Å². The lowest BCUT2D eigenvalue weighted by Crippen LogP contribution is -2.11. The van der Waals surface area contributed by atoms with Gasteiger partial charge < -0.3 is 21.3 Å². The van der Waals surface area contributed by atoms with Gasteiger partial charge in [0.05, 0.1) is 12.2 Å². The van der Waals surface area contributed by atoms with Crippen molar-refractivity contribution < 1.29 is 15.0 Å². The third kappa shape index (κ3) is 5.09. The first-order valence-electron chi connectivity index (χ1n) is 6.14. The van der Waals surface area contributed by atoms with Gasteiger partial charge in [-0.15, -0.1) is 0 Å². The first-order chi connectivity index (χ1) is 9.69. The number of phenols is 1. The molecule has 0 unspecified atom stereocenters. The van der Waals surface area contributed by atoms with E-state index in [9.17, 15) is 9.90 Å². The Bertz CT molecular complexity index is 528. The second-order valence-corrected chi connectivity index (χ2v) is 3.85. The quantitative estimate of drug-likeness (QED) is 0.683. The van der Waals surface area contributed by atoms with E-state index in [2.05, 4.69) is 5.32 Å². The van der Waals surface area contributed by atoms with Gasteiger partial charge in [0.1, 0.15) is 5.75 Å². The number of rotatable bonds is 3. The summed E-state index contributed by atoms with van der Waals surface area (Å²) in [6.07, 6.45) is 0. The number of anilines is 1. The highest BCUT2D eigenvalue weighted by atomic mass is 16.3. The minimum absolute atomic E-state index is 0.0177. The van der Waals surface area contributed by atoms with Gasteiger partial charge in [-0.25, -0.2) is 0 Å². The first-order valence-corrected chi connectivity index (χ1v) is 6.14. The lowest BCUT2D eigenvalue weighted by molar-refractivity contribution is 0.102. The minimum atomic E-state index is -0.315. The molecular weight excluding hydrogens is 256 g/mol. The van der Waals surface area contributed by atoms with Crippen LogP contribution in [0.15, 0.2) is 54.6 Å². The van der Waals surface area contributed by atoms with Crippen molar-refractivity contribution in [3.63, 3.8) is 0 Å². The molecule has 20 heavy (non-hydrogen) atoms. The van der Waals surface area contributed by atoms with E-state index in [-0.39, 0.29) is 23.8 Å². The highest BCUT2D eigenvalue weighted by molar-refractivity contribution is 6.06. The van der Waals surface area contributed by atoms with Crippen molar-refractivity contribution in [3.05, 3.63) is 60.2 Å². The number of phenolic OH excluding ortho intramolecular Hbond substituents is 1. The zero-order chi connectivity index (χ0) is 14.8. The second kappa shape index (κ2) is 8.68. The highest BCUT2D eigenvalue weighted by Gasteiger charge is 2.09. The Morgan fingerprint density at radius 3 is 2.15 bits per heavy atom. The minimum Gasteiger partial charge on any atom is -0.507 e. The first kappa shape index (κ1) is 15.7. The molecule has 0 atom stereocenters. The Kier molecular flexibility index (Phi) is 6.81. The molecule has 2 aromatic rings. The molecule has 106 valence electrons. The Morgan fingerprint density at radius 1 is 1.05 bits per heavy atom. The average Bonchev–Trinajstić information content (AvgIpc) is 2.49. The van der Waals surface area contributed by atoms with Crippen molar-refractivity contribution in [1.29, 1.82) is 0 Å². The molecule has 2 rings (SSSR count). The molecule has 0 radical (unpaired) electrons. The number of para-hydroxylation sites is 2. The van der Waals surface area contributed by atoms with E-state index in [1.54, 1.807) is 30.3 Å². The monoisotopic (exact) mass is 274 g/mol. The number of carbonyl (C=O) groups is 1. The molecule has 0 heterocycles. The van der Waals surface area contributed by atoms with E-state index >= 15 is 0 Å². The molecule has 0 spiro atoms. The topological polar surface area (TPSA) is 95.6 Å². The maximum Gasteiger partial charge on any atom is 0.259 e. The van der Waals surface area contributed by atoms with Crippen molar-refractivity contribution in [3.8, 4) is 5.75 Å². The largest absolute Gasteiger partial charge is 0.507 e. The third-order valence-electron chi connectivity index (χ3n) is 2.31. The van der Waals surface area contributed by atoms with Crippen LogP contribution in [0.3, 0.4) is 0 Å². The number of nitrogens with two attached hydrogens (primary N) is 1. The summed E-state index contributed by atoms with van der Waals surface area (Å²) >= 11 is 0. The summed E-state index contributed by atoms with van der Waals surface area (Å²) in [4.78, 5) is 11.8. The Morgan fingerprint density at radius 2 is 1.60 bits per heavy atom. The fourth-order valence-corrected chi connectivity index (χ4v) is 1.39. The van der Waals surface area contributed by atoms with Crippen molar-refractivity contribution in [2.75, 3.05) is 18.5 Å². The van der Waals surface area contributed by atoms with Crippen LogP contribution in [-0.2, 0) is 0 Å². The van der Waals surface area contributed by atoms with Crippen molar-refractivity contribution >= 4 is 11.6 Å². The summed E-state index contributed by atoms with van der Waals surface area (Å²) < 4.78 is 0.